The molecule has 5 rings (SSSR count). The highest BCUT2D eigenvalue weighted by molar-refractivity contribution is 5.74. The van der Waals surface area contributed by atoms with E-state index in [2.05, 4.69) is 58.4 Å². The summed E-state index contributed by atoms with van der Waals surface area (Å²) < 4.78 is 5.58. The number of ether oxygens (including phenoxy) is 1. The number of nitrogens with zero attached hydrogens (tertiary/aromatic N) is 2. The average Bonchev–Trinajstić information content (AvgIpc) is 2.82. The van der Waals surface area contributed by atoms with E-state index in [1.165, 1.54) is 28.7 Å². The quantitative estimate of drug-likeness (QED) is 0.780. The number of hydrogen-bond donors (Lipinski definition) is 1. The van der Waals surface area contributed by atoms with E-state index in [1.54, 1.807) is 7.11 Å². The van der Waals surface area contributed by atoms with E-state index >= 15 is 0 Å². The third-order valence-corrected chi connectivity index (χ3v) is 7.77. The summed E-state index contributed by atoms with van der Waals surface area (Å²) in [6, 6.07) is 15.8. The molecule has 0 aromatic heterocycles. The Kier molecular flexibility index (Phi) is 6.09. The molecule has 3 aliphatic rings. The van der Waals surface area contributed by atoms with Crippen molar-refractivity contribution in [1.29, 1.82) is 0 Å². The first-order valence-electron chi connectivity index (χ1n) is 12.1. The standard InChI is InChI=1S/C27H35N3O2/c1-19-15-23-21(16-26(19)32-2)11-14-29-18-22-9-6-13-30(24(22)17-25(23)29)27(31)28-12-10-20-7-4-3-5-8-20/h3-5,7-8,15-16,22,24-25H,6,9-14,17-18H2,1-2H3,(H,28,31)/t22-,24+,25-/m1/s1. The minimum Gasteiger partial charge on any atom is -0.496 e. The first kappa shape index (κ1) is 21.3. The number of urea groups is 1. The van der Waals surface area contributed by atoms with Crippen LogP contribution in [0.1, 0.15) is 47.6 Å². The van der Waals surface area contributed by atoms with Crippen molar-refractivity contribution in [1.82, 2.24) is 15.1 Å². The van der Waals surface area contributed by atoms with Crippen molar-refractivity contribution in [2.24, 2.45) is 5.92 Å². The Balaban J connectivity index is 1.29. The Morgan fingerprint density at radius 1 is 1.19 bits per heavy atom. The van der Waals surface area contributed by atoms with Crippen LogP contribution in [0.3, 0.4) is 0 Å². The Bertz CT molecular complexity index is 961. The molecule has 170 valence electrons. The minimum atomic E-state index is 0.117. The molecule has 5 heteroatoms. The summed E-state index contributed by atoms with van der Waals surface area (Å²) in [5, 5.41) is 3.21. The van der Waals surface area contributed by atoms with Gasteiger partial charge in [-0.15, -0.1) is 0 Å². The second-order valence-electron chi connectivity index (χ2n) is 9.65. The van der Waals surface area contributed by atoms with Crippen LogP contribution in [0, 0.1) is 12.8 Å². The molecule has 2 amide bonds. The van der Waals surface area contributed by atoms with Gasteiger partial charge < -0.3 is 15.0 Å². The van der Waals surface area contributed by atoms with Crippen molar-refractivity contribution in [3.63, 3.8) is 0 Å². The monoisotopic (exact) mass is 433 g/mol. The fourth-order valence-corrected chi connectivity index (χ4v) is 6.12. The van der Waals surface area contributed by atoms with Gasteiger partial charge in [-0.25, -0.2) is 4.79 Å². The molecule has 0 radical (unpaired) electrons. The number of carbonyl (C=O) groups excluding carboxylic acids is 1. The Morgan fingerprint density at radius 2 is 2.03 bits per heavy atom. The minimum absolute atomic E-state index is 0.117. The summed E-state index contributed by atoms with van der Waals surface area (Å²) in [6.07, 6.45) is 5.34. The van der Waals surface area contributed by atoms with Crippen LogP contribution in [0.5, 0.6) is 5.75 Å². The fourth-order valence-electron chi connectivity index (χ4n) is 6.12. The van der Waals surface area contributed by atoms with Crippen molar-refractivity contribution in [2.75, 3.05) is 33.3 Å². The highest BCUT2D eigenvalue weighted by Crippen LogP contribution is 2.44. The molecule has 32 heavy (non-hydrogen) atoms. The lowest BCUT2D eigenvalue weighted by atomic mass is 9.76. The normalized spacial score (nSPS) is 24.8. The molecule has 0 saturated carbocycles. The van der Waals surface area contributed by atoms with Gasteiger partial charge in [0.25, 0.3) is 0 Å². The maximum atomic E-state index is 13.2. The molecule has 0 spiro atoms. The molecular weight excluding hydrogens is 398 g/mol. The number of amides is 2. The molecule has 0 aliphatic carbocycles. The van der Waals surface area contributed by atoms with Crippen molar-refractivity contribution >= 4 is 6.03 Å². The second-order valence-corrected chi connectivity index (χ2v) is 9.65. The lowest BCUT2D eigenvalue weighted by molar-refractivity contribution is 0.00574. The van der Waals surface area contributed by atoms with Gasteiger partial charge in [-0.2, -0.15) is 0 Å². The number of aryl methyl sites for hydroxylation is 1. The summed E-state index contributed by atoms with van der Waals surface area (Å²) in [5.74, 6) is 1.57. The molecule has 2 aromatic carbocycles. The summed E-state index contributed by atoms with van der Waals surface area (Å²) in [5.41, 5.74) is 5.33. The van der Waals surface area contributed by atoms with Crippen molar-refractivity contribution in [2.45, 2.75) is 51.1 Å². The molecule has 3 aliphatic heterocycles. The van der Waals surface area contributed by atoms with Gasteiger partial charge in [-0.3, -0.25) is 4.90 Å². The predicted octanol–water partition coefficient (Wildman–Crippen LogP) is 4.34. The summed E-state index contributed by atoms with van der Waals surface area (Å²) in [6.45, 7) is 5.91. The summed E-state index contributed by atoms with van der Waals surface area (Å²) >= 11 is 0. The van der Waals surface area contributed by atoms with Crippen LogP contribution in [0.15, 0.2) is 42.5 Å². The highest BCUT2D eigenvalue weighted by atomic mass is 16.5. The average molecular weight is 434 g/mol. The molecule has 2 fully saturated rings. The van der Waals surface area contributed by atoms with Crippen LogP contribution >= 0.6 is 0 Å². The number of benzene rings is 2. The molecule has 3 atom stereocenters. The molecule has 0 bridgehead atoms. The van der Waals surface area contributed by atoms with E-state index in [4.69, 9.17) is 4.74 Å². The SMILES string of the molecule is COc1cc2c(cc1C)[C@H]1C[C@H]3[C@H](CCCN3C(=O)NCCc3ccccc3)CN1CC2. The fraction of sp³-hybridized carbons (Fsp3) is 0.519. The third-order valence-electron chi connectivity index (χ3n) is 7.77. The van der Waals surface area contributed by atoms with E-state index < -0.39 is 0 Å². The van der Waals surface area contributed by atoms with Crippen LogP contribution in [0.25, 0.3) is 0 Å². The van der Waals surface area contributed by atoms with Crippen molar-refractivity contribution < 1.29 is 9.53 Å². The van der Waals surface area contributed by atoms with Crippen LogP contribution in [-0.4, -0.2) is 55.2 Å². The molecule has 0 unspecified atom stereocenters. The number of methoxy groups -OCH3 is 1. The van der Waals surface area contributed by atoms with E-state index in [1.807, 2.05) is 6.07 Å². The zero-order chi connectivity index (χ0) is 22.1. The number of nitrogens with one attached hydrogen (secondary N) is 1. The topological polar surface area (TPSA) is 44.8 Å². The molecule has 1 N–H and O–H groups in total. The van der Waals surface area contributed by atoms with E-state index in [-0.39, 0.29) is 6.03 Å². The van der Waals surface area contributed by atoms with Gasteiger partial charge in [0.05, 0.1) is 7.11 Å². The van der Waals surface area contributed by atoms with E-state index in [0.29, 0.717) is 24.5 Å². The first-order valence-corrected chi connectivity index (χ1v) is 12.1. The van der Waals surface area contributed by atoms with Crippen molar-refractivity contribution in [3.05, 3.63) is 64.7 Å². The first-order chi connectivity index (χ1) is 15.6. The summed E-state index contributed by atoms with van der Waals surface area (Å²) in [7, 11) is 1.76. The zero-order valence-corrected chi connectivity index (χ0v) is 19.3. The maximum Gasteiger partial charge on any atom is 0.317 e. The number of hydrogen-bond acceptors (Lipinski definition) is 3. The van der Waals surface area contributed by atoms with Gasteiger partial charge in [0.2, 0.25) is 0 Å². The predicted molar refractivity (Wildman–Crippen MR) is 127 cm³/mol. The number of rotatable bonds is 4. The molecular formula is C27H35N3O2. The Hall–Kier alpha value is -2.53. The van der Waals surface area contributed by atoms with Crippen LogP contribution in [0.4, 0.5) is 4.79 Å². The third kappa shape index (κ3) is 4.11. The highest BCUT2D eigenvalue weighted by Gasteiger charge is 2.44. The smallest absolute Gasteiger partial charge is 0.317 e. The lowest BCUT2D eigenvalue weighted by Crippen LogP contribution is -2.59. The number of fused-ring (bicyclic) bond motifs is 4. The maximum absolute atomic E-state index is 13.2. The molecule has 2 aromatic rings. The molecule has 5 nitrogen and oxygen atoms in total. The van der Waals surface area contributed by atoms with Gasteiger partial charge in [-0.05, 0) is 73.3 Å². The second kappa shape index (κ2) is 9.14. The van der Waals surface area contributed by atoms with Gasteiger partial charge in [-0.1, -0.05) is 36.4 Å². The number of likely N-dealkylation sites (tertiary alicyclic amines) is 1. The van der Waals surface area contributed by atoms with Gasteiger partial charge in [0.15, 0.2) is 0 Å². The Labute approximate surface area is 191 Å². The van der Waals surface area contributed by atoms with Crippen molar-refractivity contribution in [3.8, 4) is 5.75 Å². The van der Waals surface area contributed by atoms with E-state index in [9.17, 15) is 4.79 Å². The molecule has 3 heterocycles. The van der Waals surface area contributed by atoms with E-state index in [0.717, 1.165) is 51.1 Å². The lowest BCUT2D eigenvalue weighted by Gasteiger charge is -2.52. The van der Waals surface area contributed by atoms with Crippen LogP contribution in [-0.2, 0) is 12.8 Å². The van der Waals surface area contributed by atoms with Crippen LogP contribution < -0.4 is 10.1 Å². The van der Waals surface area contributed by atoms with Crippen LogP contribution in [0.2, 0.25) is 0 Å². The number of carbonyl (C=O) groups is 1. The Morgan fingerprint density at radius 3 is 2.84 bits per heavy atom. The van der Waals surface area contributed by atoms with Gasteiger partial charge in [0, 0.05) is 38.3 Å². The zero-order valence-electron chi connectivity index (χ0n) is 19.3. The number of piperidine rings is 2. The summed E-state index contributed by atoms with van der Waals surface area (Å²) in [4.78, 5) is 18.0. The van der Waals surface area contributed by atoms with Gasteiger partial charge >= 0.3 is 6.03 Å². The van der Waals surface area contributed by atoms with Gasteiger partial charge in [0.1, 0.15) is 5.75 Å². The largest absolute Gasteiger partial charge is 0.496 e. The molecule has 2 saturated heterocycles.